The first kappa shape index (κ1) is 18.0. The van der Waals surface area contributed by atoms with E-state index in [-0.39, 0.29) is 24.2 Å². The summed E-state index contributed by atoms with van der Waals surface area (Å²) in [4.78, 5) is 17.2. The molecule has 2 aliphatic heterocycles. The second-order valence-corrected chi connectivity index (χ2v) is 7.52. The van der Waals surface area contributed by atoms with Crippen molar-refractivity contribution in [3.8, 4) is 5.75 Å². The fourth-order valence-corrected chi connectivity index (χ4v) is 4.62. The molecule has 0 bridgehead atoms. The van der Waals surface area contributed by atoms with E-state index < -0.39 is 0 Å². The van der Waals surface area contributed by atoms with Crippen molar-refractivity contribution in [2.45, 2.75) is 19.6 Å². The van der Waals surface area contributed by atoms with Gasteiger partial charge >= 0.3 is 0 Å². The van der Waals surface area contributed by atoms with Crippen molar-refractivity contribution in [3.63, 3.8) is 0 Å². The van der Waals surface area contributed by atoms with Gasteiger partial charge < -0.3 is 19.3 Å². The van der Waals surface area contributed by atoms with Crippen LogP contribution in [0.25, 0.3) is 0 Å². The molecule has 1 aromatic heterocycles. The second-order valence-electron chi connectivity index (χ2n) is 7.52. The van der Waals surface area contributed by atoms with Crippen LogP contribution in [0.5, 0.6) is 5.75 Å². The summed E-state index contributed by atoms with van der Waals surface area (Å²) in [6, 6.07) is 8.46. The molecule has 27 heavy (non-hydrogen) atoms. The summed E-state index contributed by atoms with van der Waals surface area (Å²) in [6.07, 6.45) is 0. The Kier molecular flexibility index (Phi) is 4.65. The first-order valence-electron chi connectivity index (χ1n) is 9.23. The van der Waals surface area contributed by atoms with Crippen LogP contribution in [0.4, 0.5) is 0 Å². The molecule has 3 heterocycles. The predicted octanol–water partition coefficient (Wildman–Crippen LogP) is 1.86. The molecule has 0 unspecified atom stereocenters. The van der Waals surface area contributed by atoms with Gasteiger partial charge in [0.25, 0.3) is 5.91 Å². The molecule has 3 atom stereocenters. The molecule has 144 valence electrons. The number of rotatable bonds is 4. The fraction of sp³-hybridized carbons (Fsp3) is 0.500. The largest absolute Gasteiger partial charge is 0.497 e. The normalized spacial score (nSPS) is 25.0. The molecule has 7 nitrogen and oxygen atoms in total. The van der Waals surface area contributed by atoms with Crippen LogP contribution in [-0.2, 0) is 6.61 Å². The molecule has 0 spiro atoms. The third-order valence-electron chi connectivity index (χ3n) is 5.98. The summed E-state index contributed by atoms with van der Waals surface area (Å²) in [5.74, 6) is 1.99. The number of nitrogens with zero attached hydrogens (tertiary/aromatic N) is 3. The topological polar surface area (TPSA) is 79.0 Å². The fourth-order valence-electron chi connectivity index (χ4n) is 4.62. The maximum Gasteiger partial charge on any atom is 0.276 e. The van der Waals surface area contributed by atoms with Crippen LogP contribution in [-0.4, -0.2) is 59.8 Å². The number of aryl methyl sites for hydroxylation is 1. The van der Waals surface area contributed by atoms with Crippen molar-refractivity contribution in [1.29, 1.82) is 0 Å². The third kappa shape index (κ3) is 3.00. The Hall–Kier alpha value is -2.38. The summed E-state index contributed by atoms with van der Waals surface area (Å²) in [6.45, 7) is 3.81. The summed E-state index contributed by atoms with van der Waals surface area (Å²) in [5, 5.41) is 13.4. The van der Waals surface area contributed by atoms with Gasteiger partial charge in [-0.2, -0.15) is 0 Å². The number of aliphatic hydroxyl groups is 1. The van der Waals surface area contributed by atoms with Crippen LogP contribution < -0.4 is 4.74 Å². The highest BCUT2D eigenvalue weighted by Crippen LogP contribution is 2.44. The van der Waals surface area contributed by atoms with Gasteiger partial charge in [0.1, 0.15) is 11.5 Å². The van der Waals surface area contributed by atoms with Crippen LogP contribution in [0.3, 0.4) is 0 Å². The van der Waals surface area contributed by atoms with Gasteiger partial charge in [-0.1, -0.05) is 17.3 Å². The van der Waals surface area contributed by atoms with Crippen molar-refractivity contribution >= 4 is 5.91 Å². The molecule has 2 saturated heterocycles. The minimum atomic E-state index is -0.242. The number of fused-ring (bicyclic) bond motifs is 1. The van der Waals surface area contributed by atoms with Gasteiger partial charge in [-0.3, -0.25) is 9.69 Å². The lowest BCUT2D eigenvalue weighted by Gasteiger charge is -2.26. The molecule has 0 radical (unpaired) electrons. The minimum Gasteiger partial charge on any atom is -0.497 e. The number of amides is 1. The lowest BCUT2D eigenvalue weighted by molar-refractivity contribution is 0.0754. The van der Waals surface area contributed by atoms with E-state index in [0.29, 0.717) is 36.2 Å². The number of hydrogen-bond acceptors (Lipinski definition) is 6. The number of likely N-dealkylation sites (tertiary alicyclic amines) is 2. The molecular weight excluding hydrogens is 346 g/mol. The van der Waals surface area contributed by atoms with Crippen molar-refractivity contribution in [3.05, 3.63) is 46.8 Å². The number of hydrogen-bond donors (Lipinski definition) is 1. The number of aromatic nitrogens is 1. The standard InChI is InChI=1S/C20H25N3O4/c1-12-17(11-24)18(21-27-12)20(25)23-9-14-8-22(2)19(16(14)10-23)13-4-6-15(26-3)7-5-13/h4-7,14,16,19,24H,8-11H2,1-3H3/t14-,16+,19+/m0/s1. The molecule has 1 amide bonds. The zero-order chi connectivity index (χ0) is 19.1. The van der Waals surface area contributed by atoms with E-state index in [1.54, 1.807) is 14.0 Å². The lowest BCUT2D eigenvalue weighted by Crippen LogP contribution is -2.34. The number of carbonyl (C=O) groups excluding carboxylic acids is 1. The predicted molar refractivity (Wildman–Crippen MR) is 98.4 cm³/mol. The van der Waals surface area contributed by atoms with Crippen LogP contribution in [0, 0.1) is 18.8 Å². The van der Waals surface area contributed by atoms with E-state index in [4.69, 9.17) is 9.26 Å². The van der Waals surface area contributed by atoms with Crippen molar-refractivity contribution in [1.82, 2.24) is 15.0 Å². The highest BCUT2D eigenvalue weighted by molar-refractivity contribution is 5.94. The maximum absolute atomic E-state index is 12.9. The maximum atomic E-state index is 12.9. The quantitative estimate of drug-likeness (QED) is 0.884. The van der Waals surface area contributed by atoms with Gasteiger partial charge in [0.15, 0.2) is 5.69 Å². The Morgan fingerprint density at radius 1 is 1.30 bits per heavy atom. The van der Waals surface area contributed by atoms with Gasteiger partial charge in [0, 0.05) is 31.6 Å². The number of ether oxygens (including phenoxy) is 1. The first-order chi connectivity index (χ1) is 13.0. The molecule has 2 aliphatic rings. The highest BCUT2D eigenvalue weighted by Gasteiger charge is 2.47. The van der Waals surface area contributed by atoms with Gasteiger partial charge in [-0.25, -0.2) is 0 Å². The second kappa shape index (κ2) is 6.98. The van der Waals surface area contributed by atoms with Crippen LogP contribution >= 0.6 is 0 Å². The molecule has 1 N–H and O–H groups in total. The highest BCUT2D eigenvalue weighted by atomic mass is 16.5. The molecule has 0 saturated carbocycles. The van der Waals surface area contributed by atoms with E-state index in [1.165, 1.54) is 5.56 Å². The summed E-state index contributed by atoms with van der Waals surface area (Å²) in [7, 11) is 3.81. The Morgan fingerprint density at radius 2 is 2.04 bits per heavy atom. The van der Waals surface area contributed by atoms with Crippen molar-refractivity contribution in [2.24, 2.45) is 11.8 Å². The van der Waals surface area contributed by atoms with Crippen LogP contribution in [0.1, 0.15) is 33.4 Å². The van der Waals surface area contributed by atoms with Gasteiger partial charge in [-0.05, 0) is 37.6 Å². The molecule has 1 aromatic carbocycles. The zero-order valence-electron chi connectivity index (χ0n) is 15.9. The Balaban J connectivity index is 1.54. The number of aliphatic hydroxyl groups excluding tert-OH is 1. The molecule has 2 aromatic rings. The average Bonchev–Trinajstić information content (AvgIpc) is 3.33. The average molecular weight is 371 g/mol. The van der Waals surface area contributed by atoms with Crippen molar-refractivity contribution in [2.75, 3.05) is 33.8 Å². The van der Waals surface area contributed by atoms with Gasteiger partial charge in [-0.15, -0.1) is 0 Å². The van der Waals surface area contributed by atoms with Crippen LogP contribution in [0.2, 0.25) is 0 Å². The molecule has 0 aliphatic carbocycles. The number of carbonyl (C=O) groups is 1. The summed E-state index contributed by atoms with van der Waals surface area (Å²) >= 11 is 0. The van der Waals surface area contributed by atoms with E-state index in [1.807, 2.05) is 17.0 Å². The number of methoxy groups -OCH3 is 1. The van der Waals surface area contributed by atoms with E-state index in [0.717, 1.165) is 12.3 Å². The van der Waals surface area contributed by atoms with Gasteiger partial charge in [0.05, 0.1) is 19.3 Å². The monoisotopic (exact) mass is 371 g/mol. The Bertz CT molecular complexity index is 832. The van der Waals surface area contributed by atoms with E-state index >= 15 is 0 Å². The smallest absolute Gasteiger partial charge is 0.276 e. The Morgan fingerprint density at radius 3 is 2.70 bits per heavy atom. The van der Waals surface area contributed by atoms with E-state index in [9.17, 15) is 9.90 Å². The first-order valence-corrected chi connectivity index (χ1v) is 9.23. The van der Waals surface area contributed by atoms with E-state index in [2.05, 4.69) is 29.2 Å². The molecule has 7 heteroatoms. The SMILES string of the molecule is COc1ccc([C@@H]2[C@@H]3CN(C(=O)c4noc(C)c4CO)C[C@@H]3CN2C)cc1. The molecular formula is C20H25N3O4. The summed E-state index contributed by atoms with van der Waals surface area (Å²) in [5.41, 5.74) is 1.97. The summed E-state index contributed by atoms with van der Waals surface area (Å²) < 4.78 is 10.4. The van der Waals surface area contributed by atoms with Crippen molar-refractivity contribution < 1.29 is 19.2 Å². The zero-order valence-corrected chi connectivity index (χ0v) is 15.9. The number of benzene rings is 1. The van der Waals surface area contributed by atoms with Crippen LogP contribution in [0.15, 0.2) is 28.8 Å². The molecule has 2 fully saturated rings. The minimum absolute atomic E-state index is 0.151. The third-order valence-corrected chi connectivity index (χ3v) is 5.98. The molecule has 4 rings (SSSR count). The van der Waals surface area contributed by atoms with Gasteiger partial charge in [0.2, 0.25) is 0 Å². The lowest BCUT2D eigenvalue weighted by atomic mass is 9.89. The Labute approximate surface area is 158 Å².